The monoisotopic (exact) mass is 238 g/mol. The lowest BCUT2D eigenvalue weighted by molar-refractivity contribution is -0.128. The molecule has 0 saturated carbocycles. The highest BCUT2D eigenvalue weighted by atomic mass is 16.2. The van der Waals surface area contributed by atoms with Crippen LogP contribution in [-0.4, -0.2) is 60.0 Å². The van der Waals surface area contributed by atoms with E-state index in [1.165, 1.54) is 0 Å². The summed E-state index contributed by atoms with van der Waals surface area (Å²) >= 11 is 0. The van der Waals surface area contributed by atoms with Gasteiger partial charge in [0, 0.05) is 38.5 Å². The SMILES string of the molecule is CC1CN(C)CCN1C(=O)C1=NNC(=O)CC1. The maximum absolute atomic E-state index is 12.2. The minimum Gasteiger partial charge on any atom is -0.332 e. The van der Waals surface area contributed by atoms with Crippen LogP contribution in [0.5, 0.6) is 0 Å². The number of hydrogen-bond acceptors (Lipinski definition) is 4. The van der Waals surface area contributed by atoms with Crippen LogP contribution in [0.1, 0.15) is 19.8 Å². The third kappa shape index (κ3) is 2.63. The van der Waals surface area contributed by atoms with Gasteiger partial charge in [-0.1, -0.05) is 0 Å². The van der Waals surface area contributed by atoms with Crippen molar-refractivity contribution in [1.82, 2.24) is 15.2 Å². The van der Waals surface area contributed by atoms with Gasteiger partial charge in [0.05, 0.1) is 0 Å². The molecule has 2 aliphatic rings. The van der Waals surface area contributed by atoms with Crippen LogP contribution < -0.4 is 5.43 Å². The first-order chi connectivity index (χ1) is 8.08. The summed E-state index contributed by atoms with van der Waals surface area (Å²) in [5.41, 5.74) is 2.84. The lowest BCUT2D eigenvalue weighted by atomic mass is 10.1. The number of rotatable bonds is 1. The lowest BCUT2D eigenvalue weighted by Gasteiger charge is -2.38. The van der Waals surface area contributed by atoms with E-state index < -0.39 is 0 Å². The van der Waals surface area contributed by atoms with Crippen LogP contribution in [0.15, 0.2) is 5.10 Å². The van der Waals surface area contributed by atoms with E-state index in [-0.39, 0.29) is 17.9 Å². The van der Waals surface area contributed by atoms with Crippen LogP contribution in [-0.2, 0) is 9.59 Å². The number of hydrogen-bond donors (Lipinski definition) is 1. The van der Waals surface area contributed by atoms with Crippen LogP contribution in [0, 0.1) is 0 Å². The molecule has 0 aromatic rings. The summed E-state index contributed by atoms with van der Waals surface area (Å²) in [4.78, 5) is 27.2. The van der Waals surface area contributed by atoms with Crippen molar-refractivity contribution in [1.29, 1.82) is 0 Å². The average Bonchev–Trinajstić information content (AvgIpc) is 2.29. The first kappa shape index (κ1) is 12.0. The molecule has 1 unspecified atom stereocenters. The molecule has 1 saturated heterocycles. The highest BCUT2D eigenvalue weighted by Gasteiger charge is 2.29. The van der Waals surface area contributed by atoms with Gasteiger partial charge in [0.2, 0.25) is 5.91 Å². The maximum atomic E-state index is 12.2. The molecule has 94 valence electrons. The van der Waals surface area contributed by atoms with Gasteiger partial charge in [0.15, 0.2) is 0 Å². The van der Waals surface area contributed by atoms with Gasteiger partial charge in [-0.25, -0.2) is 5.43 Å². The van der Waals surface area contributed by atoms with Gasteiger partial charge < -0.3 is 9.80 Å². The van der Waals surface area contributed by atoms with E-state index in [4.69, 9.17) is 0 Å². The lowest BCUT2D eigenvalue weighted by Crippen LogP contribution is -2.55. The Morgan fingerprint density at radius 2 is 2.18 bits per heavy atom. The molecule has 0 spiro atoms. The fourth-order valence-corrected chi connectivity index (χ4v) is 2.24. The predicted molar refractivity (Wildman–Crippen MR) is 63.5 cm³/mol. The second-order valence-corrected chi connectivity index (χ2v) is 4.70. The van der Waals surface area contributed by atoms with E-state index in [0.717, 1.165) is 19.6 Å². The van der Waals surface area contributed by atoms with Gasteiger partial charge in [0.1, 0.15) is 5.71 Å². The van der Waals surface area contributed by atoms with E-state index in [0.29, 0.717) is 18.6 Å². The van der Waals surface area contributed by atoms with Crippen molar-refractivity contribution in [2.75, 3.05) is 26.7 Å². The Morgan fingerprint density at radius 3 is 2.76 bits per heavy atom. The molecule has 1 atom stereocenters. The number of nitrogens with one attached hydrogen (secondary N) is 1. The van der Waals surface area contributed by atoms with Crippen molar-refractivity contribution in [2.45, 2.75) is 25.8 Å². The quantitative estimate of drug-likeness (QED) is 0.664. The van der Waals surface area contributed by atoms with Crippen molar-refractivity contribution in [3.05, 3.63) is 0 Å². The minimum atomic E-state index is -0.118. The molecule has 2 aliphatic heterocycles. The van der Waals surface area contributed by atoms with E-state index in [2.05, 4.69) is 22.5 Å². The smallest absolute Gasteiger partial charge is 0.270 e. The van der Waals surface area contributed by atoms with Gasteiger partial charge in [-0.15, -0.1) is 0 Å². The number of nitrogens with zero attached hydrogens (tertiary/aromatic N) is 3. The fourth-order valence-electron chi connectivity index (χ4n) is 2.24. The normalized spacial score (nSPS) is 26.5. The molecule has 1 fully saturated rings. The number of piperazine rings is 1. The molecule has 0 aliphatic carbocycles. The molecule has 6 nitrogen and oxygen atoms in total. The van der Waals surface area contributed by atoms with Crippen LogP contribution in [0.3, 0.4) is 0 Å². The molecular formula is C11H18N4O2. The number of hydrazone groups is 1. The van der Waals surface area contributed by atoms with Crippen molar-refractivity contribution in [3.8, 4) is 0 Å². The molecular weight excluding hydrogens is 220 g/mol. The Labute approximate surface area is 101 Å². The number of likely N-dealkylation sites (N-methyl/N-ethyl adjacent to an activating group) is 1. The van der Waals surface area contributed by atoms with Crippen LogP contribution in [0.25, 0.3) is 0 Å². The third-order valence-corrected chi connectivity index (χ3v) is 3.24. The van der Waals surface area contributed by atoms with Crippen LogP contribution >= 0.6 is 0 Å². The van der Waals surface area contributed by atoms with Crippen LogP contribution in [0.2, 0.25) is 0 Å². The average molecular weight is 238 g/mol. The first-order valence-electron chi connectivity index (χ1n) is 5.93. The molecule has 17 heavy (non-hydrogen) atoms. The summed E-state index contributed by atoms with van der Waals surface area (Å²) in [6.07, 6.45) is 0.802. The standard InChI is InChI=1S/C11H18N4O2/c1-8-7-14(2)5-6-15(8)11(17)9-3-4-10(16)13-12-9/h8H,3-7H2,1-2H3,(H,13,16). The molecule has 2 rings (SSSR count). The van der Waals surface area contributed by atoms with E-state index in [1.54, 1.807) is 0 Å². The van der Waals surface area contributed by atoms with Gasteiger partial charge in [-0.2, -0.15) is 5.10 Å². The summed E-state index contributed by atoms with van der Waals surface area (Å²) in [6.45, 7) is 4.53. The summed E-state index contributed by atoms with van der Waals surface area (Å²) in [5.74, 6) is -0.154. The molecule has 6 heteroatoms. The van der Waals surface area contributed by atoms with E-state index in [9.17, 15) is 9.59 Å². The van der Waals surface area contributed by atoms with Gasteiger partial charge in [-0.3, -0.25) is 9.59 Å². The molecule has 1 N–H and O–H groups in total. The van der Waals surface area contributed by atoms with Crippen molar-refractivity contribution in [3.63, 3.8) is 0 Å². The highest BCUT2D eigenvalue weighted by molar-refractivity contribution is 6.39. The summed E-state index contributed by atoms with van der Waals surface area (Å²) in [7, 11) is 2.05. The van der Waals surface area contributed by atoms with Crippen molar-refractivity contribution in [2.24, 2.45) is 5.10 Å². The molecule has 0 aromatic heterocycles. The second kappa shape index (κ2) is 4.83. The summed E-state index contributed by atoms with van der Waals surface area (Å²) < 4.78 is 0. The largest absolute Gasteiger partial charge is 0.332 e. The Morgan fingerprint density at radius 1 is 1.41 bits per heavy atom. The summed E-state index contributed by atoms with van der Waals surface area (Å²) in [5, 5.41) is 3.85. The Bertz CT molecular complexity index is 366. The van der Waals surface area contributed by atoms with Gasteiger partial charge >= 0.3 is 0 Å². The third-order valence-electron chi connectivity index (χ3n) is 3.24. The molecule has 2 heterocycles. The zero-order valence-electron chi connectivity index (χ0n) is 10.3. The Hall–Kier alpha value is -1.43. The topological polar surface area (TPSA) is 65.0 Å². The predicted octanol–water partition coefficient (Wildman–Crippen LogP) is -0.585. The van der Waals surface area contributed by atoms with Gasteiger partial charge in [-0.05, 0) is 14.0 Å². The Balaban J connectivity index is 2.02. The first-order valence-corrected chi connectivity index (χ1v) is 5.93. The molecule has 0 aromatic carbocycles. The zero-order valence-corrected chi connectivity index (χ0v) is 10.3. The zero-order chi connectivity index (χ0) is 12.4. The minimum absolute atomic E-state index is 0.0365. The highest BCUT2D eigenvalue weighted by Crippen LogP contribution is 2.11. The number of carbonyl (C=O) groups excluding carboxylic acids is 2. The second-order valence-electron chi connectivity index (χ2n) is 4.70. The van der Waals surface area contributed by atoms with Crippen molar-refractivity contribution >= 4 is 17.5 Å². The Kier molecular flexibility index (Phi) is 3.42. The van der Waals surface area contributed by atoms with E-state index in [1.807, 2.05) is 11.8 Å². The van der Waals surface area contributed by atoms with Crippen molar-refractivity contribution < 1.29 is 9.59 Å². The maximum Gasteiger partial charge on any atom is 0.270 e. The molecule has 2 amide bonds. The number of carbonyl (C=O) groups is 2. The van der Waals surface area contributed by atoms with E-state index >= 15 is 0 Å². The molecule has 0 bridgehead atoms. The summed E-state index contributed by atoms with van der Waals surface area (Å²) in [6, 6.07) is 0.196. The van der Waals surface area contributed by atoms with Gasteiger partial charge in [0.25, 0.3) is 5.91 Å². The van der Waals surface area contributed by atoms with Crippen LogP contribution in [0.4, 0.5) is 0 Å². The fraction of sp³-hybridized carbons (Fsp3) is 0.727. The molecule has 0 radical (unpaired) electrons. The number of amides is 2.